The highest BCUT2D eigenvalue weighted by Gasteiger charge is 2.28. The van der Waals surface area contributed by atoms with Gasteiger partial charge in [0.2, 0.25) is 0 Å². The first kappa shape index (κ1) is 21.7. The van der Waals surface area contributed by atoms with E-state index >= 15 is 0 Å². The van der Waals surface area contributed by atoms with E-state index in [0.29, 0.717) is 11.6 Å². The number of aromatic nitrogens is 1. The Bertz CT molecular complexity index is 1570. The molecule has 5 nitrogen and oxygen atoms in total. The van der Waals surface area contributed by atoms with Gasteiger partial charge in [0.15, 0.2) is 0 Å². The molecule has 3 heterocycles. The fraction of sp³-hybridized carbons (Fsp3) is 0.172. The number of para-hydroxylation sites is 1. The molecule has 0 amide bonds. The van der Waals surface area contributed by atoms with Crippen molar-refractivity contribution in [3.63, 3.8) is 0 Å². The van der Waals surface area contributed by atoms with Gasteiger partial charge in [0.05, 0.1) is 5.36 Å². The van der Waals surface area contributed by atoms with Crippen LogP contribution in [0.4, 0.5) is 5.82 Å². The van der Waals surface area contributed by atoms with E-state index in [1.54, 1.807) is 0 Å². The fourth-order valence-corrected chi connectivity index (χ4v) is 5.01. The summed E-state index contributed by atoms with van der Waals surface area (Å²) in [6.45, 7) is 2.55. The number of nitrogens with zero attached hydrogens (tertiary/aromatic N) is 2. The minimum Gasteiger partial charge on any atom is -0.489 e. The van der Waals surface area contributed by atoms with E-state index in [1.165, 1.54) is 11.1 Å². The molecule has 0 fully saturated rings. The quantitative estimate of drug-likeness (QED) is 0.382. The van der Waals surface area contributed by atoms with Crippen molar-refractivity contribution in [2.45, 2.75) is 32.4 Å². The molecule has 0 saturated heterocycles. The van der Waals surface area contributed by atoms with E-state index in [2.05, 4.69) is 65.0 Å². The van der Waals surface area contributed by atoms with Gasteiger partial charge in [-0.3, -0.25) is 10.4 Å². The molecular formula is C29H25ClN4O. The largest absolute Gasteiger partial charge is 0.489 e. The van der Waals surface area contributed by atoms with Gasteiger partial charge in [-0.15, -0.1) is 0 Å². The van der Waals surface area contributed by atoms with Crippen LogP contribution in [0.5, 0.6) is 5.75 Å². The van der Waals surface area contributed by atoms with Crippen molar-refractivity contribution in [3.8, 4) is 5.75 Å². The molecular weight excluding hydrogens is 456 g/mol. The van der Waals surface area contributed by atoms with Crippen LogP contribution < -0.4 is 20.7 Å². The summed E-state index contributed by atoms with van der Waals surface area (Å²) in [5, 5.41) is 7.51. The van der Waals surface area contributed by atoms with Crippen LogP contribution in [-0.4, -0.2) is 10.7 Å². The van der Waals surface area contributed by atoms with Crippen LogP contribution >= 0.6 is 11.6 Å². The molecule has 1 unspecified atom stereocenters. The number of benzene rings is 3. The number of hydrogen-bond acceptors (Lipinski definition) is 4. The Labute approximate surface area is 208 Å². The number of nitrogens with one attached hydrogen (secondary N) is 2. The molecule has 174 valence electrons. The summed E-state index contributed by atoms with van der Waals surface area (Å²) in [6.07, 6.45) is 3.74. The molecule has 2 aliphatic rings. The second-order valence-electron chi connectivity index (χ2n) is 8.79. The first-order chi connectivity index (χ1) is 17.2. The first-order valence-corrected chi connectivity index (χ1v) is 12.2. The zero-order valence-electron chi connectivity index (χ0n) is 19.4. The van der Waals surface area contributed by atoms with Crippen molar-refractivity contribution in [3.05, 3.63) is 117 Å². The maximum absolute atomic E-state index is 6.32. The van der Waals surface area contributed by atoms with Gasteiger partial charge in [-0.1, -0.05) is 67.1 Å². The van der Waals surface area contributed by atoms with Crippen LogP contribution in [0, 0.1) is 0 Å². The summed E-state index contributed by atoms with van der Waals surface area (Å²) in [4.78, 5) is 8.67. The summed E-state index contributed by atoms with van der Waals surface area (Å²) in [5.74, 6) is 1.71. The number of halogens is 1. The van der Waals surface area contributed by atoms with Crippen molar-refractivity contribution in [1.29, 1.82) is 0 Å². The molecule has 6 rings (SSSR count). The molecule has 0 spiro atoms. The second kappa shape index (κ2) is 9.08. The van der Waals surface area contributed by atoms with Gasteiger partial charge in [0.1, 0.15) is 24.2 Å². The van der Waals surface area contributed by atoms with Gasteiger partial charge in [0.25, 0.3) is 0 Å². The molecule has 35 heavy (non-hydrogen) atoms. The molecule has 6 heteroatoms. The molecule has 2 N–H and O–H groups in total. The van der Waals surface area contributed by atoms with E-state index in [9.17, 15) is 0 Å². The number of H-pyrrole nitrogens is 1. The predicted octanol–water partition coefficient (Wildman–Crippen LogP) is 5.75. The Balaban J connectivity index is 1.43. The number of hydrazone groups is 1. The van der Waals surface area contributed by atoms with Crippen molar-refractivity contribution in [2.75, 3.05) is 5.43 Å². The van der Waals surface area contributed by atoms with Crippen molar-refractivity contribution in [2.24, 2.45) is 10.1 Å². The summed E-state index contributed by atoms with van der Waals surface area (Å²) >= 11 is 6.32. The van der Waals surface area contributed by atoms with E-state index < -0.39 is 0 Å². The molecule has 0 radical (unpaired) electrons. The molecule has 3 aromatic carbocycles. The first-order valence-electron chi connectivity index (χ1n) is 11.9. The third kappa shape index (κ3) is 4.02. The van der Waals surface area contributed by atoms with Gasteiger partial charge in [-0.25, -0.2) is 0 Å². The number of hydrogen-bond donors (Lipinski definition) is 2. The third-order valence-electron chi connectivity index (χ3n) is 6.65. The summed E-state index contributed by atoms with van der Waals surface area (Å²) in [6, 6.07) is 24.2. The summed E-state index contributed by atoms with van der Waals surface area (Å²) < 4.78 is 6.13. The minimum absolute atomic E-state index is 0.178. The zero-order chi connectivity index (χ0) is 23.8. The molecule has 0 bridgehead atoms. The van der Waals surface area contributed by atoms with Crippen LogP contribution in [0.1, 0.15) is 48.1 Å². The lowest BCUT2D eigenvalue weighted by atomic mass is 9.91. The minimum atomic E-state index is -0.178. The molecule has 2 aliphatic heterocycles. The lowest BCUT2D eigenvalue weighted by molar-refractivity contribution is 0.306. The highest BCUT2D eigenvalue weighted by molar-refractivity contribution is 6.31. The lowest BCUT2D eigenvalue weighted by Crippen LogP contribution is -2.27. The SMILES string of the molecule is CCC1=NNc2[nH]cc3c2C(=c2ccccc2=NC3c2cccc(OCc3ccccc3Cl)c2)C1. The Kier molecular flexibility index (Phi) is 5.63. The molecule has 1 atom stereocenters. The zero-order valence-corrected chi connectivity index (χ0v) is 20.1. The molecule has 4 aromatic rings. The third-order valence-corrected chi connectivity index (χ3v) is 7.01. The molecule has 0 aliphatic carbocycles. The summed E-state index contributed by atoms with van der Waals surface area (Å²) in [5.41, 5.74) is 9.97. The number of fused-ring (bicyclic) bond motifs is 1. The number of ether oxygens (including phenoxy) is 1. The van der Waals surface area contributed by atoms with Crippen LogP contribution in [0.3, 0.4) is 0 Å². The van der Waals surface area contributed by atoms with Gasteiger partial charge >= 0.3 is 0 Å². The van der Waals surface area contributed by atoms with Crippen LogP contribution in [0.15, 0.2) is 89.1 Å². The van der Waals surface area contributed by atoms with Crippen molar-refractivity contribution in [1.82, 2.24) is 4.98 Å². The number of aromatic amines is 1. The maximum atomic E-state index is 6.32. The Morgan fingerprint density at radius 3 is 2.77 bits per heavy atom. The topological polar surface area (TPSA) is 61.8 Å². The van der Waals surface area contributed by atoms with Crippen LogP contribution in [-0.2, 0) is 6.61 Å². The normalized spacial score (nSPS) is 16.1. The second-order valence-corrected chi connectivity index (χ2v) is 9.20. The van der Waals surface area contributed by atoms with Gasteiger partial charge in [-0.2, -0.15) is 5.10 Å². The Hall–Kier alpha value is -3.83. The monoisotopic (exact) mass is 480 g/mol. The fourth-order valence-electron chi connectivity index (χ4n) is 4.82. The number of rotatable bonds is 5. The number of anilines is 1. The van der Waals surface area contributed by atoms with E-state index in [0.717, 1.165) is 57.4 Å². The van der Waals surface area contributed by atoms with E-state index in [4.69, 9.17) is 21.3 Å². The van der Waals surface area contributed by atoms with Crippen LogP contribution in [0.2, 0.25) is 5.02 Å². The highest BCUT2D eigenvalue weighted by atomic mass is 35.5. The Morgan fingerprint density at radius 2 is 1.89 bits per heavy atom. The van der Waals surface area contributed by atoms with Gasteiger partial charge < -0.3 is 9.72 Å². The molecule has 0 saturated carbocycles. The predicted molar refractivity (Wildman–Crippen MR) is 141 cm³/mol. The van der Waals surface area contributed by atoms with Crippen molar-refractivity contribution >= 4 is 28.7 Å². The van der Waals surface area contributed by atoms with Gasteiger partial charge in [0, 0.05) is 45.3 Å². The Morgan fingerprint density at radius 1 is 1.03 bits per heavy atom. The van der Waals surface area contributed by atoms with Gasteiger partial charge in [-0.05, 0) is 41.8 Å². The molecule has 1 aromatic heterocycles. The maximum Gasteiger partial charge on any atom is 0.131 e. The lowest BCUT2D eigenvalue weighted by Gasteiger charge is -2.15. The smallest absolute Gasteiger partial charge is 0.131 e. The highest BCUT2D eigenvalue weighted by Crippen LogP contribution is 2.39. The standard InChI is InChI=1S/C29H25ClN4O/c1-2-20-15-23-22-11-4-6-13-26(22)32-28(24-16-31-29(27(23)24)34-33-20)18-9-7-10-21(14-18)35-17-19-8-3-5-12-25(19)30/h3-14,16,28,31,34H,2,15,17H2,1H3. The average molecular weight is 481 g/mol. The average Bonchev–Trinajstić information content (AvgIpc) is 3.14. The van der Waals surface area contributed by atoms with E-state index in [1.807, 2.05) is 36.4 Å². The van der Waals surface area contributed by atoms with Crippen LogP contribution in [0.25, 0.3) is 5.57 Å². The van der Waals surface area contributed by atoms with Crippen molar-refractivity contribution < 1.29 is 4.74 Å². The summed E-state index contributed by atoms with van der Waals surface area (Å²) in [7, 11) is 0. The van der Waals surface area contributed by atoms with E-state index in [-0.39, 0.29) is 6.04 Å².